The van der Waals surface area contributed by atoms with Crippen LogP contribution in [0.3, 0.4) is 0 Å². The zero-order valence-corrected chi connectivity index (χ0v) is 9.14. The molecule has 3 nitrogen and oxygen atoms in total. The summed E-state index contributed by atoms with van der Waals surface area (Å²) in [4.78, 5) is 2.09. The first-order chi connectivity index (χ1) is 7.18. The first-order valence-corrected chi connectivity index (χ1v) is 5.15. The third-order valence-electron chi connectivity index (χ3n) is 2.82. The molecular formula is C12H17N3. The zero-order chi connectivity index (χ0) is 10.8. The van der Waals surface area contributed by atoms with E-state index in [-0.39, 0.29) is 12.2 Å². The Kier molecular flexibility index (Phi) is 2.64. The number of rotatable bonds is 2. The van der Waals surface area contributed by atoms with E-state index in [2.05, 4.69) is 41.4 Å². The fourth-order valence-corrected chi connectivity index (χ4v) is 1.80. The number of nitrogens with one attached hydrogen (secondary N) is 1. The highest BCUT2D eigenvalue weighted by molar-refractivity contribution is 5.25. The molecule has 1 aromatic rings. The first-order valence-electron chi connectivity index (χ1n) is 5.15. The first kappa shape index (κ1) is 10.1. The summed E-state index contributed by atoms with van der Waals surface area (Å²) >= 11 is 0. The van der Waals surface area contributed by atoms with Gasteiger partial charge in [0.05, 0.1) is 6.04 Å². The van der Waals surface area contributed by atoms with Crippen molar-refractivity contribution in [3.63, 3.8) is 0 Å². The van der Waals surface area contributed by atoms with Gasteiger partial charge in [-0.05, 0) is 12.5 Å². The van der Waals surface area contributed by atoms with Crippen molar-refractivity contribution in [1.82, 2.24) is 10.2 Å². The second-order valence-corrected chi connectivity index (χ2v) is 4.03. The lowest BCUT2D eigenvalue weighted by Gasteiger charge is -2.27. The van der Waals surface area contributed by atoms with Crippen LogP contribution in [0.2, 0.25) is 0 Å². The maximum atomic E-state index is 6.20. The molecule has 0 amide bonds. The van der Waals surface area contributed by atoms with Crippen molar-refractivity contribution >= 4 is 0 Å². The summed E-state index contributed by atoms with van der Waals surface area (Å²) in [5, 5.41) is 3.24. The van der Waals surface area contributed by atoms with E-state index < -0.39 is 0 Å². The lowest BCUT2D eigenvalue weighted by Crippen LogP contribution is -2.42. The van der Waals surface area contributed by atoms with E-state index >= 15 is 0 Å². The third-order valence-corrected chi connectivity index (χ3v) is 2.82. The summed E-state index contributed by atoms with van der Waals surface area (Å²) < 4.78 is 0. The molecule has 15 heavy (non-hydrogen) atoms. The van der Waals surface area contributed by atoms with E-state index in [0.717, 1.165) is 5.56 Å². The average Bonchev–Trinajstić information content (AvgIpc) is 2.65. The molecule has 0 saturated carbocycles. The smallest absolute Gasteiger partial charge is 0.118 e. The van der Waals surface area contributed by atoms with Crippen molar-refractivity contribution in [1.29, 1.82) is 0 Å². The summed E-state index contributed by atoms with van der Waals surface area (Å²) in [5.74, 6) is 0. The minimum Gasteiger partial charge on any atom is -0.368 e. The molecule has 1 aromatic carbocycles. The topological polar surface area (TPSA) is 41.3 Å². The van der Waals surface area contributed by atoms with Gasteiger partial charge in [-0.15, -0.1) is 0 Å². The van der Waals surface area contributed by atoms with Gasteiger partial charge in [0.25, 0.3) is 0 Å². The Morgan fingerprint density at radius 3 is 2.53 bits per heavy atom. The summed E-state index contributed by atoms with van der Waals surface area (Å²) in [7, 11) is 2.02. The number of nitrogens with two attached hydrogens (primary N) is 1. The molecule has 0 saturated heterocycles. The number of hydrogen-bond acceptors (Lipinski definition) is 3. The van der Waals surface area contributed by atoms with Crippen LogP contribution in [-0.4, -0.2) is 18.1 Å². The van der Waals surface area contributed by atoms with Gasteiger partial charge >= 0.3 is 0 Å². The molecule has 80 valence electrons. The molecule has 1 heterocycles. The molecule has 0 fully saturated rings. The number of benzene rings is 1. The summed E-state index contributed by atoms with van der Waals surface area (Å²) in [6.45, 7) is 2.08. The van der Waals surface area contributed by atoms with Gasteiger partial charge in [-0.1, -0.05) is 29.8 Å². The Morgan fingerprint density at radius 2 is 2.00 bits per heavy atom. The van der Waals surface area contributed by atoms with Gasteiger partial charge in [0, 0.05) is 19.4 Å². The third kappa shape index (κ3) is 1.97. The number of nitrogens with zero attached hydrogens (tertiary/aromatic N) is 1. The maximum Gasteiger partial charge on any atom is 0.118 e. The van der Waals surface area contributed by atoms with Crippen LogP contribution in [-0.2, 0) is 0 Å². The Labute approximate surface area is 90.6 Å². The molecule has 0 radical (unpaired) electrons. The molecule has 0 bridgehead atoms. The second-order valence-electron chi connectivity index (χ2n) is 4.03. The molecule has 1 aliphatic rings. The van der Waals surface area contributed by atoms with E-state index in [1.807, 2.05) is 19.4 Å². The number of aryl methyl sites for hydroxylation is 1. The normalized spacial score (nSPS) is 21.5. The molecule has 2 atom stereocenters. The standard InChI is InChI=1S/C12H17N3/c1-9-3-5-10(6-4-9)11(13)12-14-7-8-15(12)2/h3-8,11-12,14H,13H2,1-2H3/t11-,12?/m1/s1. The molecular weight excluding hydrogens is 186 g/mol. The maximum absolute atomic E-state index is 6.20. The molecule has 3 N–H and O–H groups in total. The van der Waals surface area contributed by atoms with E-state index in [9.17, 15) is 0 Å². The van der Waals surface area contributed by atoms with Crippen LogP contribution in [0.4, 0.5) is 0 Å². The van der Waals surface area contributed by atoms with E-state index in [0.29, 0.717) is 0 Å². The number of likely N-dealkylation sites (N-methyl/N-ethyl adjacent to an activating group) is 1. The van der Waals surface area contributed by atoms with Crippen molar-refractivity contribution in [2.75, 3.05) is 7.05 Å². The molecule has 2 rings (SSSR count). The Hall–Kier alpha value is -1.48. The van der Waals surface area contributed by atoms with Gasteiger partial charge in [0.2, 0.25) is 0 Å². The Morgan fingerprint density at radius 1 is 1.33 bits per heavy atom. The van der Waals surface area contributed by atoms with Crippen LogP contribution in [0, 0.1) is 6.92 Å². The van der Waals surface area contributed by atoms with Crippen LogP contribution < -0.4 is 11.1 Å². The molecule has 0 aliphatic carbocycles. The lowest BCUT2D eigenvalue weighted by atomic mass is 10.0. The quantitative estimate of drug-likeness (QED) is 0.762. The van der Waals surface area contributed by atoms with Crippen molar-refractivity contribution in [2.24, 2.45) is 5.73 Å². The van der Waals surface area contributed by atoms with Gasteiger partial charge in [-0.25, -0.2) is 0 Å². The largest absolute Gasteiger partial charge is 0.368 e. The van der Waals surface area contributed by atoms with Crippen molar-refractivity contribution < 1.29 is 0 Å². The van der Waals surface area contributed by atoms with Crippen molar-refractivity contribution in [3.05, 3.63) is 47.8 Å². The predicted octanol–water partition coefficient (Wildman–Crippen LogP) is 1.33. The molecule has 0 spiro atoms. The highest BCUT2D eigenvalue weighted by Gasteiger charge is 2.23. The van der Waals surface area contributed by atoms with Crippen molar-refractivity contribution in [2.45, 2.75) is 19.1 Å². The molecule has 1 unspecified atom stereocenters. The van der Waals surface area contributed by atoms with Crippen LogP contribution in [0.25, 0.3) is 0 Å². The van der Waals surface area contributed by atoms with E-state index in [1.165, 1.54) is 5.56 Å². The van der Waals surface area contributed by atoms with Gasteiger partial charge in [0.1, 0.15) is 6.17 Å². The summed E-state index contributed by atoms with van der Waals surface area (Å²) in [6.07, 6.45) is 4.09. The van der Waals surface area contributed by atoms with Crippen LogP contribution in [0.1, 0.15) is 17.2 Å². The molecule has 0 aromatic heterocycles. The van der Waals surface area contributed by atoms with Crippen LogP contribution in [0.5, 0.6) is 0 Å². The van der Waals surface area contributed by atoms with Gasteiger partial charge in [0.15, 0.2) is 0 Å². The van der Waals surface area contributed by atoms with Gasteiger partial charge in [-0.3, -0.25) is 0 Å². The highest BCUT2D eigenvalue weighted by atomic mass is 15.3. The SMILES string of the molecule is Cc1ccc([C@@H](N)C2NC=CN2C)cc1. The summed E-state index contributed by atoms with van der Waals surface area (Å²) in [5.41, 5.74) is 8.62. The van der Waals surface area contributed by atoms with Crippen LogP contribution >= 0.6 is 0 Å². The Bertz CT molecular complexity index is 356. The average molecular weight is 203 g/mol. The molecule has 3 heteroatoms. The highest BCUT2D eigenvalue weighted by Crippen LogP contribution is 2.19. The zero-order valence-electron chi connectivity index (χ0n) is 9.14. The summed E-state index contributed by atoms with van der Waals surface area (Å²) in [6, 6.07) is 8.36. The lowest BCUT2D eigenvalue weighted by molar-refractivity contribution is 0.285. The fourth-order valence-electron chi connectivity index (χ4n) is 1.80. The van der Waals surface area contributed by atoms with E-state index in [1.54, 1.807) is 0 Å². The second kappa shape index (κ2) is 3.95. The van der Waals surface area contributed by atoms with Crippen LogP contribution in [0.15, 0.2) is 36.7 Å². The minimum atomic E-state index is -0.00870. The minimum absolute atomic E-state index is 0.00870. The van der Waals surface area contributed by atoms with Gasteiger partial charge < -0.3 is 16.0 Å². The van der Waals surface area contributed by atoms with E-state index in [4.69, 9.17) is 5.73 Å². The number of hydrogen-bond donors (Lipinski definition) is 2. The fraction of sp³-hybridized carbons (Fsp3) is 0.333. The van der Waals surface area contributed by atoms with Crippen molar-refractivity contribution in [3.8, 4) is 0 Å². The Balaban J connectivity index is 2.14. The predicted molar refractivity (Wildman–Crippen MR) is 61.9 cm³/mol. The van der Waals surface area contributed by atoms with Gasteiger partial charge in [-0.2, -0.15) is 0 Å². The monoisotopic (exact) mass is 203 g/mol. The molecule has 1 aliphatic heterocycles.